The Morgan fingerprint density at radius 1 is 1.10 bits per heavy atom. The van der Waals surface area contributed by atoms with Crippen LogP contribution < -0.4 is 0 Å². The normalized spacial score (nSPS) is 23.8. The fraction of sp³-hybridized carbons (Fsp3) is 0.619. The molecule has 3 fully saturated rings. The van der Waals surface area contributed by atoms with Crippen LogP contribution in [0.15, 0.2) is 18.2 Å². The largest absolute Gasteiger partial charge is 0.416 e. The summed E-state index contributed by atoms with van der Waals surface area (Å²) in [4.78, 5) is 18.9. The van der Waals surface area contributed by atoms with Crippen LogP contribution in [-0.4, -0.2) is 40.1 Å². The Balaban J connectivity index is 1.48. The zero-order valence-corrected chi connectivity index (χ0v) is 16.1. The zero-order chi connectivity index (χ0) is 20.2. The van der Waals surface area contributed by atoms with Crippen LogP contribution in [0.4, 0.5) is 13.2 Å². The second-order valence-corrected chi connectivity index (χ2v) is 8.37. The van der Waals surface area contributed by atoms with Crippen LogP contribution in [0.3, 0.4) is 0 Å². The topological polar surface area (TPSA) is 47.4 Å². The molecule has 156 valence electrons. The lowest BCUT2D eigenvalue weighted by Gasteiger charge is -2.34. The quantitative estimate of drug-likeness (QED) is 0.754. The van der Waals surface area contributed by atoms with Gasteiger partial charge in [-0.15, -0.1) is 0 Å². The van der Waals surface area contributed by atoms with Crippen molar-refractivity contribution in [1.82, 2.24) is 14.5 Å². The molecule has 1 aromatic heterocycles. The fourth-order valence-corrected chi connectivity index (χ4v) is 4.62. The Labute approximate surface area is 166 Å². The number of carbonyl (C=O) groups is 1. The lowest BCUT2D eigenvalue weighted by Crippen LogP contribution is -2.40. The van der Waals surface area contributed by atoms with Crippen molar-refractivity contribution >= 4 is 16.9 Å². The summed E-state index contributed by atoms with van der Waals surface area (Å²) in [6, 6.07) is 3.91. The lowest BCUT2D eigenvalue weighted by molar-refractivity contribution is -0.137. The summed E-state index contributed by atoms with van der Waals surface area (Å²) in [5.74, 6) is 1.20. The summed E-state index contributed by atoms with van der Waals surface area (Å²) in [6.07, 6.45) is 0.740. The molecule has 1 amide bonds. The molecule has 0 spiro atoms. The number of hydrogen-bond donors (Lipinski definition) is 0. The Kier molecular flexibility index (Phi) is 4.57. The van der Waals surface area contributed by atoms with Gasteiger partial charge in [0, 0.05) is 31.7 Å². The zero-order valence-electron chi connectivity index (χ0n) is 16.1. The van der Waals surface area contributed by atoms with Gasteiger partial charge in [-0.05, 0) is 56.7 Å². The third kappa shape index (κ3) is 3.52. The molecule has 1 aromatic carbocycles. The average Bonchev–Trinajstić information content (AvgIpc) is 3.27. The first-order valence-corrected chi connectivity index (χ1v) is 10.4. The van der Waals surface area contributed by atoms with Crippen molar-refractivity contribution in [2.24, 2.45) is 5.92 Å². The number of rotatable bonds is 3. The number of ether oxygens (including phenoxy) is 1. The van der Waals surface area contributed by atoms with Gasteiger partial charge in [-0.1, -0.05) is 0 Å². The van der Waals surface area contributed by atoms with E-state index in [9.17, 15) is 18.0 Å². The number of carbonyl (C=O) groups excluding carboxylic acids is 1. The van der Waals surface area contributed by atoms with E-state index in [1.165, 1.54) is 6.07 Å². The first-order chi connectivity index (χ1) is 13.9. The number of amides is 1. The smallest absolute Gasteiger partial charge is 0.370 e. The molecule has 2 aliphatic heterocycles. The van der Waals surface area contributed by atoms with Crippen molar-refractivity contribution in [2.45, 2.75) is 56.8 Å². The van der Waals surface area contributed by atoms with Crippen molar-refractivity contribution in [2.75, 3.05) is 19.7 Å². The Hall–Kier alpha value is -2.09. The van der Waals surface area contributed by atoms with Crippen LogP contribution >= 0.6 is 0 Å². The highest BCUT2D eigenvalue weighted by Crippen LogP contribution is 2.39. The molecule has 29 heavy (non-hydrogen) atoms. The van der Waals surface area contributed by atoms with E-state index in [1.807, 2.05) is 4.90 Å². The molecule has 2 aromatic rings. The minimum absolute atomic E-state index is 0.110. The molecule has 0 unspecified atom stereocenters. The number of fused-ring (bicyclic) bond motifs is 1. The predicted octanol–water partition coefficient (Wildman–Crippen LogP) is 4.48. The van der Waals surface area contributed by atoms with Crippen molar-refractivity contribution in [3.8, 4) is 0 Å². The van der Waals surface area contributed by atoms with Gasteiger partial charge in [-0.3, -0.25) is 4.79 Å². The summed E-state index contributed by atoms with van der Waals surface area (Å²) in [5.41, 5.74) is 0.399. The summed E-state index contributed by atoms with van der Waals surface area (Å²) < 4.78 is 47.4. The molecule has 1 atom stereocenters. The summed E-state index contributed by atoms with van der Waals surface area (Å²) >= 11 is 0. The maximum atomic E-state index is 13.2. The third-order valence-corrected chi connectivity index (χ3v) is 6.33. The highest BCUT2D eigenvalue weighted by atomic mass is 19.4. The Bertz CT molecular complexity index is 921. The van der Waals surface area contributed by atoms with E-state index in [0.29, 0.717) is 25.2 Å². The van der Waals surface area contributed by atoms with E-state index in [2.05, 4.69) is 9.55 Å². The van der Waals surface area contributed by atoms with E-state index in [0.717, 1.165) is 62.0 Å². The first-order valence-electron chi connectivity index (χ1n) is 10.4. The van der Waals surface area contributed by atoms with Gasteiger partial charge in [0.25, 0.3) is 0 Å². The molecule has 5 rings (SSSR count). The molecule has 2 saturated heterocycles. The number of imidazole rings is 1. The van der Waals surface area contributed by atoms with Crippen molar-refractivity contribution in [1.29, 1.82) is 0 Å². The van der Waals surface area contributed by atoms with Gasteiger partial charge >= 0.3 is 6.18 Å². The maximum Gasteiger partial charge on any atom is 0.416 e. The minimum atomic E-state index is -4.39. The van der Waals surface area contributed by atoms with Gasteiger partial charge in [0.15, 0.2) is 0 Å². The van der Waals surface area contributed by atoms with Crippen LogP contribution in [0.1, 0.15) is 62.1 Å². The SMILES string of the molecule is O=C(C1CC1)N1CCC(n2c([C@H]3CCCO3)nc3cc(C(F)(F)F)ccc32)CC1. The number of alkyl halides is 3. The van der Waals surface area contributed by atoms with E-state index in [4.69, 9.17) is 4.74 Å². The summed E-state index contributed by atoms with van der Waals surface area (Å²) in [7, 11) is 0. The molecular formula is C21H24F3N3O2. The van der Waals surface area contributed by atoms with Crippen molar-refractivity contribution in [3.63, 3.8) is 0 Å². The molecule has 1 aliphatic carbocycles. The number of hydrogen-bond acceptors (Lipinski definition) is 3. The average molecular weight is 407 g/mol. The number of likely N-dealkylation sites (tertiary alicyclic amines) is 1. The predicted molar refractivity (Wildman–Crippen MR) is 100 cm³/mol. The number of nitrogens with zero attached hydrogens (tertiary/aromatic N) is 3. The first kappa shape index (κ1) is 18.9. The fourth-order valence-electron chi connectivity index (χ4n) is 4.62. The maximum absolute atomic E-state index is 13.2. The van der Waals surface area contributed by atoms with E-state index in [-0.39, 0.29) is 24.0 Å². The molecular weight excluding hydrogens is 383 g/mol. The molecule has 8 heteroatoms. The molecule has 3 aliphatic rings. The highest BCUT2D eigenvalue weighted by molar-refractivity contribution is 5.81. The standard InChI is InChI=1S/C21H24F3N3O2/c22-21(23,24)14-5-6-17-16(12-14)25-19(18-2-1-11-29-18)27(17)15-7-9-26(10-8-15)20(28)13-3-4-13/h5-6,12-13,15,18H,1-4,7-11H2/t18-/m1/s1. The molecule has 3 heterocycles. The van der Waals surface area contributed by atoms with Crippen molar-refractivity contribution < 1.29 is 22.7 Å². The second kappa shape index (κ2) is 7.00. The van der Waals surface area contributed by atoms with Crippen LogP contribution in [0.25, 0.3) is 11.0 Å². The van der Waals surface area contributed by atoms with Gasteiger partial charge in [-0.25, -0.2) is 4.98 Å². The number of halogens is 3. The van der Waals surface area contributed by atoms with Crippen LogP contribution in [0.2, 0.25) is 0 Å². The second-order valence-electron chi connectivity index (χ2n) is 8.37. The van der Waals surface area contributed by atoms with Gasteiger partial charge in [0.2, 0.25) is 5.91 Å². The highest BCUT2D eigenvalue weighted by Gasteiger charge is 2.37. The van der Waals surface area contributed by atoms with Crippen LogP contribution in [0, 0.1) is 5.92 Å². The summed E-state index contributed by atoms with van der Waals surface area (Å²) in [6.45, 7) is 2.02. The monoisotopic (exact) mass is 407 g/mol. The molecule has 0 bridgehead atoms. The lowest BCUT2D eigenvalue weighted by atomic mass is 10.0. The van der Waals surface area contributed by atoms with Gasteiger partial charge < -0.3 is 14.2 Å². The Morgan fingerprint density at radius 3 is 2.48 bits per heavy atom. The van der Waals surface area contributed by atoms with E-state index < -0.39 is 11.7 Å². The Morgan fingerprint density at radius 2 is 1.86 bits per heavy atom. The number of piperidine rings is 1. The van der Waals surface area contributed by atoms with E-state index in [1.54, 1.807) is 0 Å². The molecule has 1 saturated carbocycles. The van der Waals surface area contributed by atoms with Crippen LogP contribution in [0.5, 0.6) is 0 Å². The summed E-state index contributed by atoms with van der Waals surface area (Å²) in [5, 5.41) is 0. The number of benzene rings is 1. The molecule has 5 nitrogen and oxygen atoms in total. The molecule has 0 radical (unpaired) electrons. The van der Waals surface area contributed by atoms with Crippen molar-refractivity contribution in [3.05, 3.63) is 29.6 Å². The van der Waals surface area contributed by atoms with Gasteiger partial charge in [-0.2, -0.15) is 13.2 Å². The van der Waals surface area contributed by atoms with Gasteiger partial charge in [0.05, 0.1) is 16.6 Å². The third-order valence-electron chi connectivity index (χ3n) is 6.33. The van der Waals surface area contributed by atoms with Gasteiger partial charge in [0.1, 0.15) is 11.9 Å². The van der Waals surface area contributed by atoms with E-state index >= 15 is 0 Å². The molecule has 0 N–H and O–H groups in total. The number of aromatic nitrogens is 2. The minimum Gasteiger partial charge on any atom is -0.370 e. The van der Waals surface area contributed by atoms with Crippen LogP contribution in [-0.2, 0) is 15.7 Å².